The Morgan fingerprint density at radius 2 is 2.27 bits per heavy atom. The van der Waals surface area contributed by atoms with Gasteiger partial charge in [-0.25, -0.2) is 9.78 Å². The number of nitrogens with one attached hydrogen (secondary N) is 1. The number of carbonyl (C=O) groups is 1. The normalized spacial score (nSPS) is 11.7. The lowest BCUT2D eigenvalue weighted by Gasteiger charge is -2.06. The van der Waals surface area contributed by atoms with Crippen LogP contribution in [0.4, 0.5) is 5.88 Å². The van der Waals surface area contributed by atoms with E-state index in [0.29, 0.717) is 16.8 Å². The van der Waals surface area contributed by atoms with Gasteiger partial charge in [0.25, 0.3) is 0 Å². The van der Waals surface area contributed by atoms with Crippen LogP contribution < -0.4 is 4.90 Å². The molecule has 2 aromatic rings. The predicted octanol–water partition coefficient (Wildman–Crippen LogP) is 2.63. The summed E-state index contributed by atoms with van der Waals surface area (Å²) in [5.74, 6) is 0.833. The Kier molecular flexibility index (Phi) is 5.26. The van der Waals surface area contributed by atoms with E-state index in [1.807, 2.05) is 21.0 Å². The maximum Gasteiger partial charge on any atom is 0.342 e. The van der Waals surface area contributed by atoms with E-state index in [1.54, 1.807) is 17.0 Å². The highest BCUT2D eigenvalue weighted by Crippen LogP contribution is 2.27. The number of aryl methyl sites for hydroxylation is 1. The molecule has 2 rings (SSSR count). The lowest BCUT2D eigenvalue weighted by Crippen LogP contribution is -2.06. The molecule has 0 aliphatic rings. The SMILES string of the molecule is CCCc1nc(S/C(=C/c2ccc(N(C)C)o2)C(=O)O)n[nH]1. The smallest absolute Gasteiger partial charge is 0.342 e. The zero-order chi connectivity index (χ0) is 16.1. The molecule has 0 unspecified atom stereocenters. The molecule has 0 amide bonds. The number of H-pyrrole nitrogens is 1. The fraction of sp³-hybridized carbons (Fsp3) is 0.357. The molecule has 0 radical (unpaired) electrons. The quantitative estimate of drug-likeness (QED) is 0.597. The Labute approximate surface area is 132 Å². The summed E-state index contributed by atoms with van der Waals surface area (Å²) in [6, 6.07) is 3.50. The van der Waals surface area contributed by atoms with E-state index in [2.05, 4.69) is 15.2 Å². The minimum absolute atomic E-state index is 0.0988. The van der Waals surface area contributed by atoms with Gasteiger partial charge in [0, 0.05) is 32.7 Å². The molecule has 0 aliphatic heterocycles. The summed E-state index contributed by atoms with van der Waals surface area (Å²) in [6.07, 6.45) is 3.19. The zero-order valence-corrected chi connectivity index (χ0v) is 13.5. The van der Waals surface area contributed by atoms with Crippen molar-refractivity contribution in [3.63, 3.8) is 0 Å². The van der Waals surface area contributed by atoms with E-state index >= 15 is 0 Å². The van der Waals surface area contributed by atoms with E-state index in [1.165, 1.54) is 6.08 Å². The molecule has 0 aromatic carbocycles. The summed E-state index contributed by atoms with van der Waals surface area (Å²) in [6.45, 7) is 2.04. The van der Waals surface area contributed by atoms with E-state index in [4.69, 9.17) is 4.42 Å². The summed E-state index contributed by atoms with van der Waals surface area (Å²) in [4.78, 5) is 17.5. The standard InChI is InChI=1S/C14H18N4O3S/c1-4-5-11-15-14(17-16-11)22-10(13(19)20)8-9-6-7-12(21-9)18(2)3/h6-8H,4-5H2,1-3H3,(H,19,20)(H,15,16,17)/b10-8+. The number of hydrogen-bond donors (Lipinski definition) is 2. The highest BCUT2D eigenvalue weighted by molar-refractivity contribution is 8.04. The predicted molar refractivity (Wildman–Crippen MR) is 84.9 cm³/mol. The largest absolute Gasteiger partial charge is 0.477 e. The van der Waals surface area contributed by atoms with Gasteiger partial charge in [-0.1, -0.05) is 6.92 Å². The van der Waals surface area contributed by atoms with Gasteiger partial charge in [0.1, 0.15) is 16.5 Å². The Morgan fingerprint density at radius 3 is 2.86 bits per heavy atom. The number of thioether (sulfide) groups is 1. The van der Waals surface area contributed by atoms with Crippen LogP contribution in [0.25, 0.3) is 6.08 Å². The summed E-state index contributed by atoms with van der Waals surface area (Å²) < 4.78 is 5.53. The van der Waals surface area contributed by atoms with Crippen molar-refractivity contribution in [2.24, 2.45) is 0 Å². The molecule has 2 aromatic heterocycles. The third kappa shape index (κ3) is 4.14. The summed E-state index contributed by atoms with van der Waals surface area (Å²) >= 11 is 0.990. The van der Waals surface area contributed by atoms with Crippen LogP contribution in [-0.2, 0) is 11.2 Å². The second-order valence-corrected chi connectivity index (χ2v) is 5.81. The maximum atomic E-state index is 11.4. The van der Waals surface area contributed by atoms with Gasteiger partial charge in [-0.05, 0) is 24.2 Å². The molecule has 7 nitrogen and oxygen atoms in total. The topological polar surface area (TPSA) is 95.2 Å². The van der Waals surface area contributed by atoms with E-state index in [0.717, 1.165) is 30.4 Å². The fourth-order valence-corrected chi connectivity index (χ4v) is 2.40. The van der Waals surface area contributed by atoms with Crippen molar-refractivity contribution >= 4 is 29.7 Å². The van der Waals surface area contributed by atoms with Gasteiger partial charge >= 0.3 is 5.97 Å². The van der Waals surface area contributed by atoms with Crippen LogP contribution in [0.15, 0.2) is 26.6 Å². The number of aromatic amines is 1. The number of furan rings is 1. The Hall–Kier alpha value is -2.22. The molecule has 118 valence electrons. The maximum absolute atomic E-state index is 11.4. The zero-order valence-electron chi connectivity index (χ0n) is 12.7. The van der Waals surface area contributed by atoms with Gasteiger partial charge in [0.2, 0.25) is 5.16 Å². The Balaban J connectivity index is 2.17. The first-order valence-corrected chi connectivity index (χ1v) is 7.62. The molecule has 8 heteroatoms. The lowest BCUT2D eigenvalue weighted by molar-refractivity contribution is -0.131. The van der Waals surface area contributed by atoms with Crippen molar-refractivity contribution in [1.82, 2.24) is 15.2 Å². The van der Waals surface area contributed by atoms with Crippen LogP contribution in [0.5, 0.6) is 0 Å². The minimum Gasteiger partial charge on any atom is -0.477 e. The van der Waals surface area contributed by atoms with Gasteiger partial charge < -0.3 is 14.4 Å². The molecule has 0 spiro atoms. The molecule has 0 bridgehead atoms. The van der Waals surface area contributed by atoms with Crippen molar-refractivity contribution in [2.75, 3.05) is 19.0 Å². The minimum atomic E-state index is -1.05. The van der Waals surface area contributed by atoms with Crippen LogP contribution in [0, 0.1) is 0 Å². The van der Waals surface area contributed by atoms with Gasteiger partial charge in [0.15, 0.2) is 5.88 Å². The van der Waals surface area contributed by atoms with E-state index in [9.17, 15) is 9.90 Å². The van der Waals surface area contributed by atoms with Gasteiger partial charge in [-0.15, -0.1) is 5.10 Å². The van der Waals surface area contributed by atoms with Crippen molar-refractivity contribution in [2.45, 2.75) is 24.9 Å². The van der Waals surface area contributed by atoms with Gasteiger partial charge in [0.05, 0.1) is 0 Å². The number of anilines is 1. The molecule has 0 fully saturated rings. The van der Waals surface area contributed by atoms with Crippen LogP contribution in [0.3, 0.4) is 0 Å². The van der Waals surface area contributed by atoms with Crippen molar-refractivity contribution in [1.29, 1.82) is 0 Å². The monoisotopic (exact) mass is 322 g/mol. The molecular weight excluding hydrogens is 304 g/mol. The average Bonchev–Trinajstić information content (AvgIpc) is 3.08. The summed E-state index contributed by atoms with van der Waals surface area (Å²) in [7, 11) is 3.70. The first-order valence-electron chi connectivity index (χ1n) is 6.81. The van der Waals surface area contributed by atoms with Crippen molar-refractivity contribution in [3.05, 3.63) is 28.6 Å². The van der Waals surface area contributed by atoms with Crippen LogP contribution in [-0.4, -0.2) is 40.4 Å². The first kappa shape index (κ1) is 16.2. The second-order valence-electron chi connectivity index (χ2n) is 4.80. The number of nitrogens with zero attached hydrogens (tertiary/aromatic N) is 3. The highest BCUT2D eigenvalue weighted by Gasteiger charge is 2.14. The molecule has 0 saturated carbocycles. The number of aliphatic carboxylic acids is 1. The van der Waals surface area contributed by atoms with Gasteiger partial charge in [-0.2, -0.15) is 0 Å². The van der Waals surface area contributed by atoms with Crippen molar-refractivity contribution < 1.29 is 14.3 Å². The van der Waals surface area contributed by atoms with Gasteiger partial charge in [-0.3, -0.25) is 5.10 Å². The average molecular weight is 322 g/mol. The third-order valence-electron chi connectivity index (χ3n) is 2.74. The molecule has 22 heavy (non-hydrogen) atoms. The van der Waals surface area contributed by atoms with Crippen molar-refractivity contribution in [3.8, 4) is 0 Å². The number of rotatable bonds is 7. The third-order valence-corrected chi connectivity index (χ3v) is 3.61. The Morgan fingerprint density at radius 1 is 1.50 bits per heavy atom. The van der Waals surface area contributed by atoms with Crippen LogP contribution in [0.1, 0.15) is 24.9 Å². The highest BCUT2D eigenvalue weighted by atomic mass is 32.2. The second kappa shape index (κ2) is 7.17. The summed E-state index contributed by atoms with van der Waals surface area (Å²) in [5, 5.41) is 16.5. The lowest BCUT2D eigenvalue weighted by atomic mass is 10.3. The number of aromatic nitrogens is 3. The number of carboxylic acid groups (broad SMARTS) is 1. The van der Waals surface area contributed by atoms with E-state index in [-0.39, 0.29) is 4.91 Å². The molecule has 2 heterocycles. The number of carboxylic acids is 1. The fourth-order valence-electron chi connectivity index (χ4n) is 1.69. The van der Waals surface area contributed by atoms with Crippen LogP contribution in [0.2, 0.25) is 0 Å². The molecule has 0 saturated heterocycles. The molecule has 0 atom stereocenters. The summed E-state index contributed by atoms with van der Waals surface area (Å²) in [5.41, 5.74) is 0. The van der Waals surface area contributed by atoms with E-state index < -0.39 is 5.97 Å². The van der Waals surface area contributed by atoms with Crippen LogP contribution >= 0.6 is 11.8 Å². The number of hydrogen-bond acceptors (Lipinski definition) is 6. The molecular formula is C14H18N4O3S. The Bertz CT molecular complexity index is 675. The first-order chi connectivity index (χ1) is 10.5. The molecule has 2 N–H and O–H groups in total. The molecule has 0 aliphatic carbocycles.